The molecular weight excluding hydrogens is 430 g/mol. The second-order valence-electron chi connectivity index (χ2n) is 10.2. The van der Waals surface area contributed by atoms with E-state index in [9.17, 15) is 0 Å². The summed E-state index contributed by atoms with van der Waals surface area (Å²) in [6.45, 7) is 5.74. The molecule has 0 N–H and O–H groups in total. The molecule has 0 spiro atoms. The van der Waals surface area contributed by atoms with Gasteiger partial charge in [-0.15, -0.1) is 0 Å². The van der Waals surface area contributed by atoms with Crippen molar-refractivity contribution in [1.29, 1.82) is 0 Å². The van der Waals surface area contributed by atoms with E-state index >= 15 is 0 Å². The minimum atomic E-state index is -1.51. The molecule has 0 atom stereocenters. The highest BCUT2D eigenvalue weighted by atomic mass is 16.3. The van der Waals surface area contributed by atoms with Crippen LogP contribution < -0.4 is 0 Å². The van der Waals surface area contributed by atoms with Crippen molar-refractivity contribution in [2.24, 2.45) is 5.41 Å². The van der Waals surface area contributed by atoms with Gasteiger partial charge in [0.2, 0.25) is 0 Å². The lowest BCUT2D eigenvalue weighted by Crippen LogP contribution is -2.09. The van der Waals surface area contributed by atoms with Crippen LogP contribution in [0, 0.1) is 5.41 Å². The molecular formula is C32H25NO2. The minimum Gasteiger partial charge on any atom is -0.455 e. The molecule has 7 aromatic rings. The molecule has 3 aromatic heterocycles. The fourth-order valence-corrected chi connectivity index (χ4v) is 5.13. The van der Waals surface area contributed by atoms with Gasteiger partial charge in [-0.3, -0.25) is 4.98 Å². The third kappa shape index (κ3) is 3.15. The highest BCUT2D eigenvalue weighted by Gasteiger charge is 2.18. The van der Waals surface area contributed by atoms with Crippen LogP contribution in [0.2, 0.25) is 0 Å². The Bertz CT molecular complexity index is 2010. The number of aromatic nitrogens is 1. The Morgan fingerprint density at radius 1 is 0.686 bits per heavy atom. The number of hydrogen-bond donors (Lipinski definition) is 0. The average molecular weight is 458 g/mol. The van der Waals surface area contributed by atoms with Gasteiger partial charge in [0, 0.05) is 46.8 Å². The van der Waals surface area contributed by atoms with Crippen molar-refractivity contribution in [2.75, 3.05) is 0 Å². The van der Waals surface area contributed by atoms with Crippen LogP contribution in [0.1, 0.15) is 29.1 Å². The van der Waals surface area contributed by atoms with E-state index in [4.69, 9.17) is 11.6 Å². The normalized spacial score (nSPS) is 13.8. The molecule has 0 saturated carbocycles. The predicted octanol–water partition coefficient (Wildman–Crippen LogP) is 9.29. The Labute approximate surface area is 205 Å². The number of nitrogens with zero attached hydrogens (tertiary/aromatic N) is 1. The van der Waals surface area contributed by atoms with Crippen LogP contribution in [0.25, 0.3) is 65.9 Å². The summed E-state index contributed by atoms with van der Waals surface area (Å²) in [5.74, 6) is 0. The van der Waals surface area contributed by atoms with Crippen LogP contribution in [0.5, 0.6) is 0 Å². The van der Waals surface area contributed by atoms with Gasteiger partial charge in [-0.05, 0) is 65.9 Å². The zero-order chi connectivity index (χ0) is 25.5. The lowest BCUT2D eigenvalue weighted by molar-refractivity contribution is 0.411. The molecule has 0 fully saturated rings. The number of pyridine rings is 1. The highest BCUT2D eigenvalue weighted by Crippen LogP contribution is 2.41. The largest absolute Gasteiger partial charge is 0.455 e. The summed E-state index contributed by atoms with van der Waals surface area (Å²) in [5.41, 5.74) is 4.88. The maximum Gasteiger partial charge on any atom is 0.144 e. The molecule has 0 aliphatic carbocycles. The lowest BCUT2D eigenvalue weighted by atomic mass is 9.88. The summed E-state index contributed by atoms with van der Waals surface area (Å²) in [5, 5.41) is 6.24. The molecule has 3 nitrogen and oxygen atoms in total. The molecule has 0 bridgehead atoms. The van der Waals surface area contributed by atoms with Crippen molar-refractivity contribution < 1.29 is 11.6 Å². The topological polar surface area (TPSA) is 39.2 Å². The van der Waals surface area contributed by atoms with E-state index in [1.165, 1.54) is 0 Å². The maximum absolute atomic E-state index is 8.73. The Morgan fingerprint density at radius 2 is 1.31 bits per heavy atom. The fourth-order valence-electron chi connectivity index (χ4n) is 5.13. The van der Waals surface area contributed by atoms with E-state index in [0.717, 1.165) is 60.2 Å². The molecule has 3 heteroatoms. The van der Waals surface area contributed by atoms with Gasteiger partial charge >= 0.3 is 0 Å². The van der Waals surface area contributed by atoms with Gasteiger partial charge < -0.3 is 8.83 Å². The van der Waals surface area contributed by atoms with Gasteiger partial charge in [-0.1, -0.05) is 51.1 Å². The van der Waals surface area contributed by atoms with Gasteiger partial charge in [0.25, 0.3) is 0 Å². The van der Waals surface area contributed by atoms with Crippen LogP contribution >= 0.6 is 0 Å². The smallest absolute Gasteiger partial charge is 0.144 e. The van der Waals surface area contributed by atoms with E-state index in [0.29, 0.717) is 11.3 Å². The number of para-hydroxylation sites is 2. The molecule has 0 unspecified atom stereocenters. The zero-order valence-corrected chi connectivity index (χ0v) is 19.8. The van der Waals surface area contributed by atoms with Crippen LogP contribution in [-0.2, 0) is 6.37 Å². The Morgan fingerprint density at radius 3 is 2.06 bits per heavy atom. The zero-order valence-electron chi connectivity index (χ0n) is 21.8. The second-order valence-corrected chi connectivity index (χ2v) is 10.2. The molecule has 7 rings (SSSR count). The first-order valence-corrected chi connectivity index (χ1v) is 11.9. The first kappa shape index (κ1) is 18.2. The molecule has 170 valence electrons. The first-order chi connectivity index (χ1) is 17.7. The molecule has 0 amide bonds. The van der Waals surface area contributed by atoms with Crippen molar-refractivity contribution in [3.8, 4) is 11.3 Å². The van der Waals surface area contributed by atoms with E-state index in [1.54, 1.807) is 12.3 Å². The fraction of sp³-hybridized carbons (Fsp3) is 0.156. The third-order valence-corrected chi connectivity index (χ3v) is 6.56. The Kier molecular flexibility index (Phi) is 3.75. The van der Waals surface area contributed by atoms with E-state index in [-0.39, 0.29) is 0 Å². The average Bonchev–Trinajstić information content (AvgIpc) is 3.46. The molecule has 0 saturated heterocycles. The quantitative estimate of drug-likeness (QED) is 0.260. The number of hydrogen-bond acceptors (Lipinski definition) is 3. The summed E-state index contributed by atoms with van der Waals surface area (Å²) in [6, 6.07) is 26.2. The van der Waals surface area contributed by atoms with Crippen molar-refractivity contribution in [2.45, 2.75) is 27.1 Å². The van der Waals surface area contributed by atoms with Crippen LogP contribution in [0.3, 0.4) is 0 Å². The molecule has 0 radical (unpaired) electrons. The van der Waals surface area contributed by atoms with Gasteiger partial charge in [-0.25, -0.2) is 0 Å². The summed E-state index contributed by atoms with van der Waals surface area (Å²) in [7, 11) is 0. The van der Waals surface area contributed by atoms with Crippen molar-refractivity contribution in [3.63, 3.8) is 0 Å². The summed E-state index contributed by atoms with van der Waals surface area (Å²) in [6.07, 6.45) is 0.171. The number of fused-ring (bicyclic) bond motifs is 9. The van der Waals surface area contributed by atoms with Crippen molar-refractivity contribution in [1.82, 2.24) is 4.98 Å². The van der Waals surface area contributed by atoms with Gasteiger partial charge in [0.05, 0.1) is 5.69 Å². The molecule has 35 heavy (non-hydrogen) atoms. The van der Waals surface area contributed by atoms with E-state index in [2.05, 4.69) is 41.4 Å². The number of benzene rings is 4. The molecule has 0 aliphatic heterocycles. The molecule has 4 aromatic carbocycles. The number of rotatable bonds is 2. The van der Waals surface area contributed by atoms with Gasteiger partial charge in [0.15, 0.2) is 0 Å². The van der Waals surface area contributed by atoms with Crippen LogP contribution in [0.15, 0.2) is 93.9 Å². The van der Waals surface area contributed by atoms with Crippen molar-refractivity contribution >= 4 is 54.6 Å². The highest BCUT2D eigenvalue weighted by molar-refractivity contribution is 6.23. The Hall–Kier alpha value is -4.11. The summed E-state index contributed by atoms with van der Waals surface area (Å²) in [4.78, 5) is 4.61. The van der Waals surface area contributed by atoms with Crippen molar-refractivity contribution in [3.05, 3.63) is 90.6 Å². The lowest BCUT2D eigenvalue weighted by Gasteiger charge is -2.18. The minimum absolute atomic E-state index is 0.558. The van der Waals surface area contributed by atoms with E-state index < -0.39 is 11.8 Å². The predicted molar refractivity (Wildman–Crippen MR) is 145 cm³/mol. The second kappa shape index (κ2) is 7.19. The molecule has 3 heterocycles. The SMILES string of the molecule is [2H]C([2H])(c1ccnc(-c2cccc3c2oc2c3ccc3c2ccc2c4ccccc4oc23)c1)C(C)(C)C. The molecule has 0 aliphatic rings. The van der Waals surface area contributed by atoms with Gasteiger partial charge in [-0.2, -0.15) is 0 Å². The third-order valence-electron chi connectivity index (χ3n) is 6.56. The first-order valence-electron chi connectivity index (χ1n) is 12.9. The van der Waals surface area contributed by atoms with Gasteiger partial charge in [0.1, 0.15) is 22.3 Å². The number of furan rings is 2. The summed E-state index contributed by atoms with van der Waals surface area (Å²) < 4.78 is 30.3. The monoisotopic (exact) mass is 457 g/mol. The van der Waals surface area contributed by atoms with E-state index in [1.807, 2.05) is 57.2 Å². The Balaban J connectivity index is 1.48. The standard InChI is InChI=1S/C32H25NO2/c1-32(2,3)18-19-15-16-33-27(17-19)26-9-6-8-21-23-13-14-24-25(30(23)35-31(21)26)12-11-22-20-7-4-5-10-28(20)34-29(22)24/h4-17H,18H2,1-3H3/i18D2. The maximum atomic E-state index is 8.73. The summed E-state index contributed by atoms with van der Waals surface area (Å²) >= 11 is 0. The van der Waals surface area contributed by atoms with Crippen LogP contribution in [-0.4, -0.2) is 4.98 Å². The van der Waals surface area contributed by atoms with Crippen LogP contribution in [0.4, 0.5) is 0 Å².